The average Bonchev–Trinajstić information content (AvgIpc) is 2.36. The zero-order chi connectivity index (χ0) is 17.8. The van der Waals surface area contributed by atoms with Crippen molar-refractivity contribution in [3.63, 3.8) is 0 Å². The molecule has 3 N–H and O–H groups in total. The van der Waals surface area contributed by atoms with E-state index in [0.29, 0.717) is 17.5 Å². The number of alkyl carbamates (subject to hydrolysis) is 1. The van der Waals surface area contributed by atoms with E-state index < -0.39 is 29.5 Å². The number of amides is 1. The van der Waals surface area contributed by atoms with E-state index in [0.717, 1.165) is 12.1 Å². The molecule has 1 aromatic carbocycles. The first-order valence-corrected chi connectivity index (χ1v) is 7.28. The molecule has 0 aliphatic rings. The molecule has 0 aliphatic carbocycles. The third-order valence-corrected chi connectivity index (χ3v) is 3.14. The van der Waals surface area contributed by atoms with Crippen LogP contribution in [0, 0.1) is 6.92 Å². The lowest BCUT2D eigenvalue weighted by molar-refractivity contribution is -0.137. The van der Waals surface area contributed by atoms with Gasteiger partial charge in [-0.05, 0) is 57.4 Å². The standard InChI is InChI=1S/C16H23F3N2O2/c1-10-7-12(16(17,18)19)6-5-11(10)8-13(9-20)21-14(22)23-15(2,3)4/h5-7,13H,8-9,20H2,1-4H3,(H,21,22). The van der Waals surface area contributed by atoms with Crippen LogP contribution < -0.4 is 11.1 Å². The Morgan fingerprint density at radius 3 is 2.35 bits per heavy atom. The van der Waals surface area contributed by atoms with Gasteiger partial charge < -0.3 is 15.8 Å². The minimum absolute atomic E-state index is 0.152. The van der Waals surface area contributed by atoms with Crippen molar-refractivity contribution < 1.29 is 22.7 Å². The first kappa shape index (κ1) is 19.3. The van der Waals surface area contributed by atoms with Crippen LogP contribution in [0.25, 0.3) is 0 Å². The molecule has 130 valence electrons. The van der Waals surface area contributed by atoms with Crippen LogP contribution in [0.5, 0.6) is 0 Å². The number of benzene rings is 1. The fraction of sp³-hybridized carbons (Fsp3) is 0.562. The molecule has 0 radical (unpaired) electrons. The van der Waals surface area contributed by atoms with Crippen LogP contribution in [0.4, 0.5) is 18.0 Å². The fourth-order valence-corrected chi connectivity index (χ4v) is 2.03. The Morgan fingerprint density at radius 1 is 1.30 bits per heavy atom. The fourth-order valence-electron chi connectivity index (χ4n) is 2.03. The molecule has 0 heterocycles. The third kappa shape index (κ3) is 6.48. The van der Waals surface area contributed by atoms with Crippen molar-refractivity contribution in [3.05, 3.63) is 34.9 Å². The van der Waals surface area contributed by atoms with Gasteiger partial charge >= 0.3 is 12.3 Å². The van der Waals surface area contributed by atoms with Gasteiger partial charge in [-0.25, -0.2) is 4.79 Å². The number of aryl methyl sites for hydroxylation is 1. The maximum absolute atomic E-state index is 12.7. The lowest BCUT2D eigenvalue weighted by Crippen LogP contribution is -2.44. The molecule has 1 rings (SSSR count). The SMILES string of the molecule is Cc1cc(C(F)(F)F)ccc1CC(CN)NC(=O)OC(C)(C)C. The van der Waals surface area contributed by atoms with Gasteiger partial charge in [0.2, 0.25) is 0 Å². The zero-order valence-electron chi connectivity index (χ0n) is 13.8. The highest BCUT2D eigenvalue weighted by molar-refractivity contribution is 5.68. The highest BCUT2D eigenvalue weighted by Gasteiger charge is 2.30. The number of halogens is 3. The topological polar surface area (TPSA) is 64.3 Å². The summed E-state index contributed by atoms with van der Waals surface area (Å²) in [7, 11) is 0. The summed E-state index contributed by atoms with van der Waals surface area (Å²) >= 11 is 0. The quantitative estimate of drug-likeness (QED) is 0.888. The Hall–Kier alpha value is -1.76. The first-order chi connectivity index (χ1) is 10.4. The van der Waals surface area contributed by atoms with Gasteiger partial charge in [0.1, 0.15) is 5.60 Å². The summed E-state index contributed by atoms with van der Waals surface area (Å²) < 4.78 is 43.1. The Kier molecular flexibility index (Phi) is 6.04. The normalized spacial score (nSPS) is 13.6. The summed E-state index contributed by atoms with van der Waals surface area (Å²) in [5, 5.41) is 2.64. The second-order valence-electron chi connectivity index (χ2n) is 6.42. The van der Waals surface area contributed by atoms with Crippen LogP contribution in [0.3, 0.4) is 0 Å². The number of carbonyl (C=O) groups excluding carboxylic acids is 1. The highest BCUT2D eigenvalue weighted by atomic mass is 19.4. The van der Waals surface area contributed by atoms with E-state index >= 15 is 0 Å². The van der Waals surface area contributed by atoms with Crippen LogP contribution >= 0.6 is 0 Å². The van der Waals surface area contributed by atoms with E-state index in [-0.39, 0.29) is 6.54 Å². The summed E-state index contributed by atoms with van der Waals surface area (Å²) in [5.41, 5.74) is 5.51. The molecule has 1 amide bonds. The summed E-state index contributed by atoms with van der Waals surface area (Å²) in [5.74, 6) is 0. The number of rotatable bonds is 4. The van der Waals surface area contributed by atoms with Gasteiger partial charge in [0.05, 0.1) is 5.56 Å². The number of alkyl halides is 3. The van der Waals surface area contributed by atoms with E-state index in [9.17, 15) is 18.0 Å². The third-order valence-electron chi connectivity index (χ3n) is 3.14. The molecule has 0 aliphatic heterocycles. The van der Waals surface area contributed by atoms with E-state index in [1.807, 2.05) is 0 Å². The van der Waals surface area contributed by atoms with Gasteiger partial charge in [-0.1, -0.05) is 6.07 Å². The van der Waals surface area contributed by atoms with Gasteiger partial charge in [0.25, 0.3) is 0 Å². The molecule has 0 fully saturated rings. The molecule has 23 heavy (non-hydrogen) atoms. The van der Waals surface area contributed by atoms with Gasteiger partial charge in [0.15, 0.2) is 0 Å². The Bertz CT molecular complexity index is 551. The number of nitrogens with two attached hydrogens (primary N) is 1. The second-order valence-corrected chi connectivity index (χ2v) is 6.42. The molecule has 0 aromatic heterocycles. The van der Waals surface area contributed by atoms with Crippen molar-refractivity contribution in [2.45, 2.75) is 51.9 Å². The average molecular weight is 332 g/mol. The maximum atomic E-state index is 12.7. The van der Waals surface area contributed by atoms with Crippen molar-refractivity contribution in [3.8, 4) is 0 Å². The highest BCUT2D eigenvalue weighted by Crippen LogP contribution is 2.30. The number of hydrogen-bond donors (Lipinski definition) is 2. The first-order valence-electron chi connectivity index (χ1n) is 7.28. The summed E-state index contributed by atoms with van der Waals surface area (Å²) in [6.07, 6.45) is -4.64. The molecule has 1 aromatic rings. The van der Waals surface area contributed by atoms with Gasteiger partial charge in [-0.2, -0.15) is 13.2 Å². The molecule has 7 heteroatoms. The lowest BCUT2D eigenvalue weighted by Gasteiger charge is -2.23. The summed E-state index contributed by atoms with van der Waals surface area (Å²) in [6, 6.07) is 3.12. The minimum atomic E-state index is -4.37. The monoisotopic (exact) mass is 332 g/mol. The van der Waals surface area contributed by atoms with Crippen molar-refractivity contribution >= 4 is 6.09 Å². The minimum Gasteiger partial charge on any atom is -0.444 e. The summed E-state index contributed by atoms with van der Waals surface area (Å²) in [4.78, 5) is 11.8. The van der Waals surface area contributed by atoms with Crippen LogP contribution in [0.2, 0.25) is 0 Å². The Morgan fingerprint density at radius 2 is 1.91 bits per heavy atom. The van der Waals surface area contributed by atoms with Crippen molar-refractivity contribution in [2.24, 2.45) is 5.73 Å². The van der Waals surface area contributed by atoms with Crippen LogP contribution in [0.15, 0.2) is 18.2 Å². The largest absolute Gasteiger partial charge is 0.444 e. The van der Waals surface area contributed by atoms with E-state index in [2.05, 4.69) is 5.32 Å². The van der Waals surface area contributed by atoms with E-state index in [1.54, 1.807) is 27.7 Å². The smallest absolute Gasteiger partial charge is 0.416 e. The van der Waals surface area contributed by atoms with Crippen molar-refractivity contribution in [1.82, 2.24) is 5.32 Å². The van der Waals surface area contributed by atoms with Crippen LogP contribution in [0.1, 0.15) is 37.5 Å². The Labute approximate surface area is 134 Å². The van der Waals surface area contributed by atoms with Gasteiger partial charge in [0, 0.05) is 12.6 Å². The lowest BCUT2D eigenvalue weighted by atomic mass is 9.98. The van der Waals surface area contributed by atoms with Gasteiger partial charge in [-0.3, -0.25) is 0 Å². The van der Waals surface area contributed by atoms with Crippen LogP contribution in [-0.2, 0) is 17.3 Å². The molecule has 0 spiro atoms. The number of carbonyl (C=O) groups is 1. The molecule has 4 nitrogen and oxygen atoms in total. The predicted octanol–water partition coefficient (Wildman–Crippen LogP) is 3.41. The van der Waals surface area contributed by atoms with Crippen molar-refractivity contribution in [1.29, 1.82) is 0 Å². The van der Waals surface area contributed by atoms with E-state index in [4.69, 9.17) is 10.5 Å². The van der Waals surface area contributed by atoms with E-state index in [1.165, 1.54) is 6.07 Å². The molecule has 0 bridgehead atoms. The number of nitrogens with one attached hydrogen (secondary N) is 1. The maximum Gasteiger partial charge on any atom is 0.416 e. The molecular formula is C16H23F3N2O2. The zero-order valence-corrected chi connectivity index (χ0v) is 13.8. The molecular weight excluding hydrogens is 309 g/mol. The number of ether oxygens (including phenoxy) is 1. The van der Waals surface area contributed by atoms with Gasteiger partial charge in [-0.15, -0.1) is 0 Å². The Balaban J connectivity index is 2.78. The second kappa shape index (κ2) is 7.21. The predicted molar refractivity (Wildman–Crippen MR) is 82.1 cm³/mol. The summed E-state index contributed by atoms with van der Waals surface area (Å²) in [6.45, 7) is 6.98. The molecule has 1 atom stereocenters. The van der Waals surface area contributed by atoms with Crippen molar-refractivity contribution in [2.75, 3.05) is 6.54 Å². The molecule has 0 saturated heterocycles. The number of hydrogen-bond acceptors (Lipinski definition) is 3. The molecule has 0 saturated carbocycles. The molecule has 1 unspecified atom stereocenters. The van der Waals surface area contributed by atoms with Crippen LogP contribution in [-0.4, -0.2) is 24.3 Å².